The minimum Gasteiger partial charge on any atom is -0.454 e. The maximum absolute atomic E-state index is 6.54. The predicted molar refractivity (Wildman–Crippen MR) is 169 cm³/mol. The van der Waals surface area contributed by atoms with E-state index < -0.39 is 0 Å². The molecule has 0 saturated carbocycles. The molecule has 40 heavy (non-hydrogen) atoms. The molecule has 0 saturated heterocycles. The lowest BCUT2D eigenvalue weighted by Crippen LogP contribution is -2.18. The van der Waals surface area contributed by atoms with E-state index in [1.807, 2.05) is 17.4 Å². The van der Waals surface area contributed by atoms with Crippen molar-refractivity contribution in [1.82, 2.24) is 4.57 Å². The summed E-state index contributed by atoms with van der Waals surface area (Å²) < 4.78 is 11.7. The van der Waals surface area contributed by atoms with E-state index >= 15 is 0 Å². The minimum absolute atomic E-state index is 0.909. The van der Waals surface area contributed by atoms with Crippen molar-refractivity contribution < 1.29 is 4.42 Å². The molecule has 1 aliphatic rings. The molecule has 0 radical (unpaired) electrons. The molecular formula is C36H20N2OS. The summed E-state index contributed by atoms with van der Waals surface area (Å²) in [5.41, 5.74) is 8.87. The predicted octanol–water partition coefficient (Wildman–Crippen LogP) is 10.8. The first-order valence-corrected chi connectivity index (χ1v) is 14.4. The number of hydrogen-bond donors (Lipinski definition) is 0. The number of anilines is 3. The summed E-state index contributed by atoms with van der Waals surface area (Å²) in [4.78, 5) is 2.39. The second kappa shape index (κ2) is 7.32. The van der Waals surface area contributed by atoms with Crippen LogP contribution in [0.25, 0.3) is 69.6 Å². The number of para-hydroxylation sites is 5. The molecule has 3 aromatic heterocycles. The van der Waals surface area contributed by atoms with Crippen LogP contribution in [0.1, 0.15) is 0 Å². The number of benzene rings is 6. The maximum atomic E-state index is 6.54. The second-order valence-corrected chi connectivity index (χ2v) is 11.6. The van der Waals surface area contributed by atoms with Gasteiger partial charge in [-0.05, 0) is 42.5 Å². The van der Waals surface area contributed by atoms with E-state index in [4.69, 9.17) is 4.42 Å². The zero-order chi connectivity index (χ0) is 25.9. The monoisotopic (exact) mass is 528 g/mol. The van der Waals surface area contributed by atoms with Crippen molar-refractivity contribution in [3.8, 4) is 5.69 Å². The number of thiophene rings is 1. The van der Waals surface area contributed by atoms with E-state index in [0.717, 1.165) is 39.0 Å². The maximum Gasteiger partial charge on any atom is 0.159 e. The molecule has 10 rings (SSSR count). The Kier molecular flexibility index (Phi) is 3.81. The average Bonchev–Trinajstić information content (AvgIpc) is 3.68. The van der Waals surface area contributed by atoms with Crippen LogP contribution in [0.4, 0.5) is 17.1 Å². The highest BCUT2D eigenvalue weighted by molar-refractivity contribution is 7.26. The highest BCUT2D eigenvalue weighted by Gasteiger charge is 2.31. The van der Waals surface area contributed by atoms with Gasteiger partial charge < -0.3 is 13.9 Å². The van der Waals surface area contributed by atoms with Crippen molar-refractivity contribution in [2.75, 3.05) is 4.90 Å². The van der Waals surface area contributed by atoms with Crippen molar-refractivity contribution in [2.24, 2.45) is 0 Å². The summed E-state index contributed by atoms with van der Waals surface area (Å²) in [5.74, 6) is 0. The fourth-order valence-corrected chi connectivity index (χ4v) is 8.01. The highest BCUT2D eigenvalue weighted by atomic mass is 32.1. The van der Waals surface area contributed by atoms with E-state index in [1.165, 1.54) is 47.7 Å². The van der Waals surface area contributed by atoms with Crippen LogP contribution in [0.3, 0.4) is 0 Å². The quantitative estimate of drug-likeness (QED) is 0.211. The molecule has 0 bridgehead atoms. The largest absolute Gasteiger partial charge is 0.454 e. The third-order valence-electron chi connectivity index (χ3n) is 8.50. The molecule has 186 valence electrons. The van der Waals surface area contributed by atoms with Crippen molar-refractivity contribution in [3.05, 3.63) is 121 Å². The van der Waals surface area contributed by atoms with Gasteiger partial charge in [-0.15, -0.1) is 11.3 Å². The van der Waals surface area contributed by atoms with E-state index in [1.54, 1.807) is 0 Å². The highest BCUT2D eigenvalue weighted by Crippen LogP contribution is 2.53. The van der Waals surface area contributed by atoms with Crippen LogP contribution in [0.5, 0.6) is 0 Å². The van der Waals surface area contributed by atoms with Gasteiger partial charge in [0.25, 0.3) is 0 Å². The minimum atomic E-state index is 0.909. The first kappa shape index (κ1) is 20.8. The Morgan fingerprint density at radius 1 is 0.450 bits per heavy atom. The number of nitrogens with zero attached hydrogens (tertiary/aromatic N) is 2. The molecule has 0 aliphatic carbocycles. The van der Waals surface area contributed by atoms with Gasteiger partial charge in [-0.25, -0.2) is 0 Å². The fraction of sp³-hybridized carbons (Fsp3) is 0. The van der Waals surface area contributed by atoms with Gasteiger partial charge in [-0.3, -0.25) is 0 Å². The first-order chi connectivity index (χ1) is 19.9. The van der Waals surface area contributed by atoms with Gasteiger partial charge in [0.2, 0.25) is 0 Å². The Bertz CT molecular complexity index is 2510. The van der Waals surface area contributed by atoms with Gasteiger partial charge in [0.05, 0.1) is 33.8 Å². The van der Waals surface area contributed by atoms with Gasteiger partial charge in [0.15, 0.2) is 5.58 Å². The lowest BCUT2D eigenvalue weighted by molar-refractivity contribution is 0.669. The van der Waals surface area contributed by atoms with Crippen LogP contribution in [-0.4, -0.2) is 4.57 Å². The Balaban J connectivity index is 1.40. The van der Waals surface area contributed by atoms with Crippen molar-refractivity contribution in [3.63, 3.8) is 0 Å². The Hall–Kier alpha value is -5.06. The van der Waals surface area contributed by atoms with E-state index in [9.17, 15) is 0 Å². The topological polar surface area (TPSA) is 21.3 Å². The molecule has 0 N–H and O–H groups in total. The van der Waals surface area contributed by atoms with Crippen LogP contribution in [0.2, 0.25) is 0 Å². The number of aromatic nitrogens is 1. The SMILES string of the molecule is c1ccc2c(c1)N(c1cccc3c1oc1ccccc13)c1cccc3c4ccc5sc6ccccc6c5c4n-2c13. The number of fused-ring (bicyclic) bond motifs is 12. The molecule has 0 unspecified atom stereocenters. The van der Waals surface area contributed by atoms with Crippen LogP contribution in [-0.2, 0) is 0 Å². The summed E-state index contributed by atoms with van der Waals surface area (Å²) in [6, 6.07) is 43.7. The summed E-state index contributed by atoms with van der Waals surface area (Å²) in [5, 5.41) is 7.48. The van der Waals surface area contributed by atoms with E-state index in [-0.39, 0.29) is 0 Å². The second-order valence-electron chi connectivity index (χ2n) is 10.5. The van der Waals surface area contributed by atoms with Gasteiger partial charge >= 0.3 is 0 Å². The van der Waals surface area contributed by atoms with E-state index in [0.29, 0.717) is 0 Å². The van der Waals surface area contributed by atoms with Gasteiger partial charge in [-0.1, -0.05) is 78.9 Å². The van der Waals surface area contributed by atoms with Gasteiger partial charge in [0, 0.05) is 41.7 Å². The molecular weight excluding hydrogens is 508 g/mol. The van der Waals surface area contributed by atoms with Gasteiger partial charge in [0.1, 0.15) is 5.58 Å². The van der Waals surface area contributed by atoms with Crippen molar-refractivity contribution in [1.29, 1.82) is 0 Å². The summed E-state index contributed by atoms with van der Waals surface area (Å²) >= 11 is 1.87. The molecule has 0 spiro atoms. The molecule has 3 nitrogen and oxygen atoms in total. The number of hydrogen-bond acceptors (Lipinski definition) is 3. The normalized spacial score (nSPS) is 12.9. The van der Waals surface area contributed by atoms with E-state index in [2.05, 4.69) is 125 Å². The molecule has 0 fully saturated rings. The third kappa shape index (κ3) is 2.46. The van der Waals surface area contributed by atoms with Crippen molar-refractivity contribution in [2.45, 2.75) is 0 Å². The molecule has 6 aromatic carbocycles. The fourth-order valence-electron chi connectivity index (χ4n) is 6.91. The molecule has 0 amide bonds. The lowest BCUT2D eigenvalue weighted by atomic mass is 10.1. The Morgan fingerprint density at radius 3 is 2.05 bits per heavy atom. The van der Waals surface area contributed by atoms with Crippen LogP contribution >= 0.6 is 11.3 Å². The summed E-state index contributed by atoms with van der Waals surface area (Å²) in [6.45, 7) is 0. The Labute approximate surface area is 232 Å². The van der Waals surface area contributed by atoms with Crippen LogP contribution in [0.15, 0.2) is 126 Å². The first-order valence-electron chi connectivity index (χ1n) is 13.5. The smallest absolute Gasteiger partial charge is 0.159 e. The number of furan rings is 1. The lowest BCUT2D eigenvalue weighted by Gasteiger charge is -2.33. The van der Waals surface area contributed by atoms with Crippen molar-refractivity contribution >= 4 is 92.3 Å². The standard InChI is InChI=1S/C36H20N2OS/c1-5-17-30-21(9-1)24-12-8-16-29(36(24)39-30)37-26-13-3-4-14-27(26)38-34-22(11-7-15-28(34)37)23-19-20-32-33(35(23)38)25-10-2-6-18-31(25)40-32/h1-20H. The molecule has 0 atom stereocenters. The zero-order valence-corrected chi connectivity index (χ0v) is 22.1. The van der Waals surface area contributed by atoms with Gasteiger partial charge in [-0.2, -0.15) is 0 Å². The number of rotatable bonds is 1. The summed E-state index contributed by atoms with van der Waals surface area (Å²) in [7, 11) is 0. The summed E-state index contributed by atoms with van der Waals surface area (Å²) in [6.07, 6.45) is 0. The average molecular weight is 529 g/mol. The molecule has 4 heteroatoms. The molecule has 4 heterocycles. The third-order valence-corrected chi connectivity index (χ3v) is 9.63. The van der Waals surface area contributed by atoms with Crippen LogP contribution < -0.4 is 4.90 Å². The Morgan fingerprint density at radius 2 is 1.12 bits per heavy atom. The molecule has 9 aromatic rings. The molecule has 1 aliphatic heterocycles. The van der Waals surface area contributed by atoms with Crippen LogP contribution in [0, 0.1) is 0 Å². The zero-order valence-electron chi connectivity index (χ0n) is 21.3.